The summed E-state index contributed by atoms with van der Waals surface area (Å²) in [6.45, 7) is 3.70. The molecular formula is C14H16N2O2S. The summed E-state index contributed by atoms with van der Waals surface area (Å²) in [6, 6.07) is 9.68. The summed E-state index contributed by atoms with van der Waals surface area (Å²) in [5.41, 5.74) is 1.37. The Morgan fingerprint density at radius 1 is 1.37 bits per heavy atom. The first kappa shape index (κ1) is 13.7. The molecular weight excluding hydrogens is 260 g/mol. The number of hydrogen-bond donors (Lipinski definition) is 1. The van der Waals surface area contributed by atoms with E-state index in [-0.39, 0.29) is 11.9 Å². The van der Waals surface area contributed by atoms with Gasteiger partial charge >= 0.3 is 0 Å². The van der Waals surface area contributed by atoms with Gasteiger partial charge in [0.1, 0.15) is 5.76 Å². The van der Waals surface area contributed by atoms with Crippen molar-refractivity contribution in [1.29, 1.82) is 0 Å². The van der Waals surface area contributed by atoms with E-state index in [0.717, 1.165) is 5.56 Å². The van der Waals surface area contributed by atoms with Crippen molar-refractivity contribution in [3.63, 3.8) is 0 Å². The fraction of sp³-hybridized carbons (Fsp3) is 0.286. The molecule has 0 fully saturated rings. The van der Waals surface area contributed by atoms with Gasteiger partial charge in [0.25, 0.3) is 5.91 Å². The number of carbonyl (C=O) groups is 1. The fourth-order valence-corrected chi connectivity index (χ4v) is 2.13. The maximum absolute atomic E-state index is 11.9. The number of carbonyl (C=O) groups excluding carboxylic acids is 1. The topological polar surface area (TPSA) is 55.1 Å². The van der Waals surface area contributed by atoms with Crippen LogP contribution in [0.1, 0.15) is 34.8 Å². The maximum atomic E-state index is 11.9. The molecule has 4 nitrogen and oxygen atoms in total. The van der Waals surface area contributed by atoms with E-state index in [1.807, 2.05) is 37.4 Å². The van der Waals surface area contributed by atoms with Gasteiger partial charge in [-0.05, 0) is 37.8 Å². The molecule has 1 atom stereocenters. The normalized spacial score (nSPS) is 12.2. The Balaban J connectivity index is 2.03. The third-order valence-corrected chi connectivity index (χ3v) is 3.57. The van der Waals surface area contributed by atoms with Crippen LogP contribution in [0, 0.1) is 6.92 Å². The lowest BCUT2D eigenvalue weighted by atomic mass is 10.1. The number of thioether (sulfide) groups is 1. The summed E-state index contributed by atoms with van der Waals surface area (Å²) in [5.74, 6) is 0.403. The van der Waals surface area contributed by atoms with Gasteiger partial charge in [-0.3, -0.25) is 4.79 Å². The highest BCUT2D eigenvalue weighted by Crippen LogP contribution is 2.19. The van der Waals surface area contributed by atoms with Crippen LogP contribution in [-0.2, 0) is 0 Å². The Hall–Kier alpha value is -1.75. The molecule has 1 heterocycles. The highest BCUT2D eigenvalue weighted by atomic mass is 32.2. The molecule has 1 aromatic heterocycles. The molecule has 0 spiro atoms. The van der Waals surface area contributed by atoms with E-state index in [1.165, 1.54) is 4.90 Å². The molecule has 0 bridgehead atoms. The Morgan fingerprint density at radius 3 is 2.58 bits per heavy atom. The van der Waals surface area contributed by atoms with Gasteiger partial charge in [-0.2, -0.15) is 0 Å². The van der Waals surface area contributed by atoms with Crippen LogP contribution in [0.25, 0.3) is 0 Å². The van der Waals surface area contributed by atoms with Crippen LogP contribution in [-0.4, -0.2) is 17.3 Å². The third kappa shape index (κ3) is 3.38. The van der Waals surface area contributed by atoms with E-state index in [0.29, 0.717) is 11.5 Å². The lowest BCUT2D eigenvalue weighted by molar-refractivity contribution is 0.0930. The van der Waals surface area contributed by atoms with Crippen LogP contribution in [0.2, 0.25) is 0 Å². The molecule has 0 saturated heterocycles. The second-order valence-corrected chi connectivity index (χ2v) is 5.17. The summed E-state index contributed by atoms with van der Waals surface area (Å²) >= 11 is 1.69. The first-order valence-electron chi connectivity index (χ1n) is 5.98. The van der Waals surface area contributed by atoms with Gasteiger partial charge < -0.3 is 9.84 Å². The van der Waals surface area contributed by atoms with Crippen molar-refractivity contribution in [3.05, 3.63) is 47.3 Å². The highest BCUT2D eigenvalue weighted by Gasteiger charge is 2.14. The predicted molar refractivity (Wildman–Crippen MR) is 75.3 cm³/mol. The van der Waals surface area contributed by atoms with Crippen LogP contribution < -0.4 is 5.32 Å². The summed E-state index contributed by atoms with van der Waals surface area (Å²) < 4.78 is 4.89. The number of aryl methyl sites for hydroxylation is 1. The van der Waals surface area contributed by atoms with Crippen molar-refractivity contribution in [1.82, 2.24) is 10.5 Å². The number of amides is 1. The van der Waals surface area contributed by atoms with Crippen molar-refractivity contribution in [3.8, 4) is 0 Å². The van der Waals surface area contributed by atoms with E-state index in [1.54, 1.807) is 24.8 Å². The van der Waals surface area contributed by atoms with Gasteiger partial charge in [0.05, 0.1) is 6.04 Å². The molecule has 0 aliphatic carbocycles. The van der Waals surface area contributed by atoms with Gasteiger partial charge in [0.15, 0.2) is 5.69 Å². The largest absolute Gasteiger partial charge is 0.361 e. The van der Waals surface area contributed by atoms with Crippen LogP contribution in [0.5, 0.6) is 0 Å². The second-order valence-electron chi connectivity index (χ2n) is 4.29. The molecule has 19 heavy (non-hydrogen) atoms. The Bertz CT molecular complexity index is 563. The summed E-state index contributed by atoms with van der Waals surface area (Å²) in [7, 11) is 0. The molecule has 0 aliphatic rings. The minimum absolute atomic E-state index is 0.0691. The van der Waals surface area contributed by atoms with E-state index in [2.05, 4.69) is 10.5 Å². The average molecular weight is 276 g/mol. The van der Waals surface area contributed by atoms with E-state index >= 15 is 0 Å². The Morgan fingerprint density at radius 2 is 2.05 bits per heavy atom. The molecule has 1 aromatic carbocycles. The van der Waals surface area contributed by atoms with E-state index in [4.69, 9.17) is 4.52 Å². The van der Waals surface area contributed by atoms with Crippen molar-refractivity contribution >= 4 is 17.7 Å². The zero-order valence-electron chi connectivity index (χ0n) is 11.1. The number of hydrogen-bond acceptors (Lipinski definition) is 4. The standard InChI is InChI=1S/C14H16N2O2S/c1-9-8-13(16-18-9)14(17)15-10(2)11-4-6-12(19-3)7-5-11/h4-8,10H,1-3H3,(H,15,17)/t10-/m1/s1. The van der Waals surface area contributed by atoms with Crippen LogP contribution in [0.15, 0.2) is 39.8 Å². The van der Waals surface area contributed by atoms with E-state index in [9.17, 15) is 4.79 Å². The molecule has 0 unspecified atom stereocenters. The molecule has 100 valence electrons. The van der Waals surface area contributed by atoms with Crippen molar-refractivity contribution in [2.24, 2.45) is 0 Å². The molecule has 0 aliphatic heterocycles. The lowest BCUT2D eigenvalue weighted by Gasteiger charge is -2.13. The highest BCUT2D eigenvalue weighted by molar-refractivity contribution is 7.98. The summed E-state index contributed by atoms with van der Waals surface area (Å²) in [6.07, 6.45) is 2.03. The Kier molecular flexibility index (Phi) is 4.27. The monoisotopic (exact) mass is 276 g/mol. The molecule has 1 N–H and O–H groups in total. The van der Waals surface area contributed by atoms with Gasteiger partial charge in [0, 0.05) is 11.0 Å². The number of rotatable bonds is 4. The quantitative estimate of drug-likeness (QED) is 0.871. The number of nitrogens with one attached hydrogen (secondary N) is 1. The molecule has 2 aromatic rings. The van der Waals surface area contributed by atoms with Crippen molar-refractivity contribution in [2.45, 2.75) is 24.8 Å². The molecule has 5 heteroatoms. The van der Waals surface area contributed by atoms with Crippen LogP contribution >= 0.6 is 11.8 Å². The molecule has 2 rings (SSSR count). The zero-order valence-corrected chi connectivity index (χ0v) is 12.0. The Labute approximate surface area is 116 Å². The maximum Gasteiger partial charge on any atom is 0.273 e. The predicted octanol–water partition coefficient (Wildman–Crippen LogP) is 3.20. The molecule has 1 amide bonds. The first-order valence-corrected chi connectivity index (χ1v) is 7.20. The van der Waals surface area contributed by atoms with Crippen LogP contribution in [0.3, 0.4) is 0 Å². The minimum Gasteiger partial charge on any atom is -0.361 e. The van der Waals surface area contributed by atoms with Gasteiger partial charge in [-0.1, -0.05) is 17.3 Å². The first-order chi connectivity index (χ1) is 9.10. The number of aromatic nitrogens is 1. The van der Waals surface area contributed by atoms with Gasteiger partial charge in [0.2, 0.25) is 0 Å². The summed E-state index contributed by atoms with van der Waals surface area (Å²) in [4.78, 5) is 13.1. The second kappa shape index (κ2) is 5.93. The fourth-order valence-electron chi connectivity index (χ4n) is 1.72. The summed E-state index contributed by atoms with van der Waals surface area (Å²) in [5, 5.41) is 6.59. The number of benzene rings is 1. The zero-order chi connectivity index (χ0) is 13.8. The van der Waals surface area contributed by atoms with Gasteiger partial charge in [-0.15, -0.1) is 11.8 Å². The van der Waals surface area contributed by atoms with Crippen molar-refractivity contribution in [2.75, 3.05) is 6.26 Å². The average Bonchev–Trinajstić information content (AvgIpc) is 2.85. The number of nitrogens with zero attached hydrogens (tertiary/aromatic N) is 1. The minimum atomic E-state index is -0.224. The lowest BCUT2D eigenvalue weighted by Crippen LogP contribution is -2.26. The SMILES string of the molecule is CSc1ccc([C@@H](C)NC(=O)c2cc(C)on2)cc1. The third-order valence-electron chi connectivity index (χ3n) is 2.82. The smallest absolute Gasteiger partial charge is 0.273 e. The van der Waals surface area contributed by atoms with Crippen LogP contribution in [0.4, 0.5) is 0 Å². The van der Waals surface area contributed by atoms with Gasteiger partial charge in [-0.25, -0.2) is 0 Å². The molecule has 0 saturated carbocycles. The van der Waals surface area contributed by atoms with Crippen molar-refractivity contribution < 1.29 is 9.32 Å². The molecule has 0 radical (unpaired) electrons. The van der Waals surface area contributed by atoms with E-state index < -0.39 is 0 Å².